The van der Waals surface area contributed by atoms with Gasteiger partial charge in [0.15, 0.2) is 0 Å². The van der Waals surface area contributed by atoms with E-state index in [4.69, 9.17) is 11.0 Å². The van der Waals surface area contributed by atoms with Crippen molar-refractivity contribution in [2.75, 3.05) is 18.8 Å². The first kappa shape index (κ1) is 15.0. The highest BCUT2D eigenvalue weighted by atomic mass is 16.2. The predicted molar refractivity (Wildman–Crippen MR) is 74.4 cm³/mol. The largest absolute Gasteiger partial charge is 0.384 e. The number of carbonyl (C=O) groups is 1. The molecule has 0 aliphatic rings. The number of hydrogen-bond acceptors (Lipinski definition) is 4. The minimum Gasteiger partial charge on any atom is -0.384 e. The van der Waals surface area contributed by atoms with Crippen molar-refractivity contribution >= 4 is 11.7 Å². The van der Waals surface area contributed by atoms with E-state index in [-0.39, 0.29) is 5.91 Å². The lowest BCUT2D eigenvalue weighted by Gasteiger charge is -2.23. The maximum Gasteiger partial charge on any atom is 0.254 e. The third-order valence-corrected chi connectivity index (χ3v) is 2.59. The van der Waals surface area contributed by atoms with Gasteiger partial charge in [0.1, 0.15) is 5.82 Å². The lowest BCUT2D eigenvalue weighted by molar-refractivity contribution is 0.0739. The van der Waals surface area contributed by atoms with Gasteiger partial charge < -0.3 is 10.6 Å². The number of pyridine rings is 1. The second-order valence-electron chi connectivity index (χ2n) is 4.98. The minimum atomic E-state index is -0.0962. The van der Waals surface area contributed by atoms with Gasteiger partial charge in [0, 0.05) is 24.3 Å². The van der Waals surface area contributed by atoms with Crippen molar-refractivity contribution in [3.63, 3.8) is 0 Å². The molecular weight excluding hydrogens is 240 g/mol. The van der Waals surface area contributed by atoms with Crippen LogP contribution in [0.15, 0.2) is 12.1 Å². The van der Waals surface area contributed by atoms with Crippen LogP contribution in [-0.4, -0.2) is 28.9 Å². The molecule has 0 fully saturated rings. The number of carbonyl (C=O) groups excluding carboxylic acids is 1. The van der Waals surface area contributed by atoms with Crippen LogP contribution in [-0.2, 0) is 0 Å². The van der Waals surface area contributed by atoms with E-state index in [1.54, 1.807) is 24.0 Å². The van der Waals surface area contributed by atoms with Gasteiger partial charge in [-0.2, -0.15) is 5.26 Å². The molecular formula is C14H20N4O. The molecule has 0 spiro atoms. The quantitative estimate of drug-likeness (QED) is 0.877. The van der Waals surface area contributed by atoms with Crippen LogP contribution < -0.4 is 5.73 Å². The second kappa shape index (κ2) is 6.74. The number of aromatic nitrogens is 1. The van der Waals surface area contributed by atoms with Gasteiger partial charge in [-0.05, 0) is 25.0 Å². The van der Waals surface area contributed by atoms with Crippen molar-refractivity contribution in [1.82, 2.24) is 9.88 Å². The molecule has 0 aliphatic carbocycles. The second-order valence-corrected chi connectivity index (χ2v) is 4.98. The fraction of sp³-hybridized carbons (Fsp3) is 0.500. The Labute approximate surface area is 114 Å². The molecule has 0 saturated heterocycles. The fourth-order valence-electron chi connectivity index (χ4n) is 1.90. The highest BCUT2D eigenvalue weighted by Gasteiger charge is 2.17. The highest BCUT2D eigenvalue weighted by Crippen LogP contribution is 2.12. The van der Waals surface area contributed by atoms with E-state index in [2.05, 4.69) is 11.1 Å². The summed E-state index contributed by atoms with van der Waals surface area (Å²) in [5.74, 6) is 0.595. The van der Waals surface area contributed by atoms with Crippen LogP contribution in [0.1, 0.15) is 36.3 Å². The topological polar surface area (TPSA) is 83.0 Å². The third kappa shape index (κ3) is 4.59. The van der Waals surface area contributed by atoms with E-state index in [1.165, 1.54) is 0 Å². The number of nitrogen functional groups attached to an aromatic ring is 1. The summed E-state index contributed by atoms with van der Waals surface area (Å²) in [4.78, 5) is 18.2. The van der Waals surface area contributed by atoms with Crippen molar-refractivity contribution in [1.29, 1.82) is 5.26 Å². The molecule has 0 aliphatic heterocycles. The summed E-state index contributed by atoms with van der Waals surface area (Å²) >= 11 is 0. The summed E-state index contributed by atoms with van der Waals surface area (Å²) in [6.45, 7) is 6.95. The zero-order valence-electron chi connectivity index (χ0n) is 11.7. The number of nitriles is 1. The van der Waals surface area contributed by atoms with E-state index in [0.717, 1.165) is 0 Å². The molecule has 1 rings (SSSR count). The van der Waals surface area contributed by atoms with Gasteiger partial charge in [0.05, 0.1) is 12.5 Å². The van der Waals surface area contributed by atoms with E-state index in [9.17, 15) is 4.79 Å². The Morgan fingerprint density at radius 1 is 1.53 bits per heavy atom. The molecule has 1 aromatic rings. The SMILES string of the molecule is Cc1cc(C(=O)N(CCC#N)CC(C)C)cc(N)n1. The molecule has 0 aromatic carbocycles. The van der Waals surface area contributed by atoms with Crippen molar-refractivity contribution in [2.45, 2.75) is 27.2 Å². The summed E-state index contributed by atoms with van der Waals surface area (Å²) in [5, 5.41) is 8.67. The van der Waals surface area contributed by atoms with Gasteiger partial charge in [-0.3, -0.25) is 4.79 Å². The standard InChI is InChI=1S/C14H20N4O/c1-10(2)9-18(6-4-5-15)14(19)12-7-11(3)17-13(16)8-12/h7-8,10H,4,6,9H2,1-3H3,(H2,16,17). The molecule has 5 heteroatoms. The normalized spacial score (nSPS) is 10.3. The highest BCUT2D eigenvalue weighted by molar-refractivity contribution is 5.95. The van der Waals surface area contributed by atoms with Crippen molar-refractivity contribution < 1.29 is 4.79 Å². The van der Waals surface area contributed by atoms with E-state index in [0.29, 0.717) is 42.5 Å². The lowest BCUT2D eigenvalue weighted by Crippen LogP contribution is -2.35. The number of hydrogen-bond donors (Lipinski definition) is 1. The monoisotopic (exact) mass is 260 g/mol. The number of nitrogens with two attached hydrogens (primary N) is 1. The molecule has 1 amide bonds. The van der Waals surface area contributed by atoms with Gasteiger partial charge in [-0.1, -0.05) is 13.8 Å². The molecule has 0 radical (unpaired) electrons. The average Bonchev–Trinajstić information content (AvgIpc) is 2.32. The maximum absolute atomic E-state index is 12.4. The Morgan fingerprint density at radius 2 is 2.21 bits per heavy atom. The molecule has 102 valence electrons. The third-order valence-electron chi connectivity index (χ3n) is 2.59. The molecule has 0 bridgehead atoms. The molecule has 1 heterocycles. The zero-order chi connectivity index (χ0) is 14.4. The van der Waals surface area contributed by atoms with E-state index in [1.807, 2.05) is 13.8 Å². The van der Waals surface area contributed by atoms with Crippen LogP contribution in [0.4, 0.5) is 5.82 Å². The zero-order valence-corrected chi connectivity index (χ0v) is 11.7. The molecule has 0 atom stereocenters. The minimum absolute atomic E-state index is 0.0962. The summed E-state index contributed by atoms with van der Waals surface area (Å²) in [5.41, 5.74) is 6.91. The Morgan fingerprint density at radius 3 is 2.74 bits per heavy atom. The molecule has 0 saturated carbocycles. The Balaban J connectivity index is 2.94. The molecule has 2 N–H and O–H groups in total. The van der Waals surface area contributed by atoms with Crippen LogP contribution in [0, 0.1) is 24.2 Å². The Kier molecular flexibility index (Phi) is 5.31. The van der Waals surface area contributed by atoms with Crippen LogP contribution in [0.3, 0.4) is 0 Å². The van der Waals surface area contributed by atoms with Gasteiger partial charge in [-0.15, -0.1) is 0 Å². The first-order chi connectivity index (χ1) is 8.93. The number of amides is 1. The molecule has 19 heavy (non-hydrogen) atoms. The van der Waals surface area contributed by atoms with E-state index >= 15 is 0 Å². The van der Waals surface area contributed by atoms with Gasteiger partial charge in [-0.25, -0.2) is 4.98 Å². The van der Waals surface area contributed by atoms with Gasteiger partial charge >= 0.3 is 0 Å². The summed E-state index contributed by atoms with van der Waals surface area (Å²) in [7, 11) is 0. The number of aryl methyl sites for hydroxylation is 1. The van der Waals surface area contributed by atoms with Crippen molar-refractivity contribution in [3.05, 3.63) is 23.4 Å². The number of nitrogens with zero attached hydrogens (tertiary/aromatic N) is 3. The first-order valence-electron chi connectivity index (χ1n) is 6.34. The van der Waals surface area contributed by atoms with Crippen LogP contribution in [0.2, 0.25) is 0 Å². The average molecular weight is 260 g/mol. The molecule has 5 nitrogen and oxygen atoms in total. The molecule has 1 aromatic heterocycles. The van der Waals surface area contributed by atoms with Crippen LogP contribution in [0.5, 0.6) is 0 Å². The first-order valence-corrected chi connectivity index (χ1v) is 6.34. The van der Waals surface area contributed by atoms with Gasteiger partial charge in [0.25, 0.3) is 5.91 Å². The summed E-state index contributed by atoms with van der Waals surface area (Å²) in [6, 6.07) is 5.37. The van der Waals surface area contributed by atoms with Crippen LogP contribution >= 0.6 is 0 Å². The number of anilines is 1. The van der Waals surface area contributed by atoms with Crippen molar-refractivity contribution in [2.24, 2.45) is 5.92 Å². The Bertz CT molecular complexity index is 470. The predicted octanol–water partition coefficient (Wildman–Crippen LogP) is 1.98. The molecule has 0 unspecified atom stereocenters. The maximum atomic E-state index is 12.4. The fourth-order valence-corrected chi connectivity index (χ4v) is 1.90. The van der Waals surface area contributed by atoms with Gasteiger partial charge in [0.2, 0.25) is 0 Å². The summed E-state index contributed by atoms with van der Waals surface area (Å²) < 4.78 is 0. The lowest BCUT2D eigenvalue weighted by atomic mass is 10.1. The Hall–Kier alpha value is -2.09. The smallest absolute Gasteiger partial charge is 0.254 e. The van der Waals surface area contributed by atoms with E-state index < -0.39 is 0 Å². The van der Waals surface area contributed by atoms with Crippen LogP contribution in [0.25, 0.3) is 0 Å². The number of rotatable bonds is 5. The van der Waals surface area contributed by atoms with Crippen molar-refractivity contribution in [3.8, 4) is 6.07 Å². The summed E-state index contributed by atoms with van der Waals surface area (Å²) in [6.07, 6.45) is 0.331.